The summed E-state index contributed by atoms with van der Waals surface area (Å²) in [5.41, 5.74) is 0.450. The average molecular weight is 437 g/mol. The van der Waals surface area contributed by atoms with Crippen molar-refractivity contribution in [3.63, 3.8) is 0 Å². The molecule has 0 aromatic carbocycles. The number of carbonyl (C=O) groups excluding carboxylic acids is 2. The third kappa shape index (κ3) is 4.04. The van der Waals surface area contributed by atoms with E-state index in [2.05, 4.69) is 9.84 Å². The van der Waals surface area contributed by atoms with E-state index in [4.69, 9.17) is 11.6 Å². The second-order valence-electron chi connectivity index (χ2n) is 7.71. The predicted octanol–water partition coefficient (Wildman–Crippen LogP) is 3.54. The number of carbonyl (C=O) groups is 2. The molecule has 3 heterocycles. The summed E-state index contributed by atoms with van der Waals surface area (Å²) in [6.45, 7) is 3.59. The summed E-state index contributed by atoms with van der Waals surface area (Å²) in [7, 11) is 1.71. The highest BCUT2D eigenvalue weighted by Gasteiger charge is 2.48. The molecule has 0 aliphatic carbocycles. The lowest BCUT2D eigenvalue weighted by Crippen LogP contribution is -2.55. The zero-order valence-corrected chi connectivity index (χ0v) is 17.3. The van der Waals surface area contributed by atoms with Gasteiger partial charge in [-0.3, -0.25) is 9.48 Å². The van der Waals surface area contributed by atoms with Gasteiger partial charge in [0.25, 0.3) is 5.91 Å². The second kappa shape index (κ2) is 7.70. The second-order valence-corrected chi connectivity index (χ2v) is 8.09. The smallest absolute Gasteiger partial charge is 0.425 e. The monoisotopic (exact) mass is 436 g/mol. The van der Waals surface area contributed by atoms with Crippen molar-refractivity contribution >= 4 is 23.6 Å². The van der Waals surface area contributed by atoms with Gasteiger partial charge < -0.3 is 14.5 Å². The minimum Gasteiger partial charge on any atom is -0.437 e. The maximum absolute atomic E-state index is 13.1. The molecule has 2 amide bonds. The van der Waals surface area contributed by atoms with Crippen LogP contribution in [0.15, 0.2) is 0 Å². The van der Waals surface area contributed by atoms with Gasteiger partial charge in [0.2, 0.25) is 0 Å². The molecule has 1 spiro atoms. The van der Waals surface area contributed by atoms with Gasteiger partial charge in [-0.2, -0.15) is 18.3 Å². The van der Waals surface area contributed by atoms with Crippen LogP contribution in [0.4, 0.5) is 18.0 Å². The number of likely N-dealkylation sites (tertiary alicyclic amines) is 2. The molecule has 2 aliphatic rings. The number of amides is 2. The Hall–Kier alpha value is -1.97. The Morgan fingerprint density at radius 2 is 1.83 bits per heavy atom. The van der Waals surface area contributed by atoms with Crippen molar-refractivity contribution < 1.29 is 27.5 Å². The number of hydrogen-bond acceptors (Lipinski definition) is 4. The summed E-state index contributed by atoms with van der Waals surface area (Å²) >= 11 is 6.27. The lowest BCUT2D eigenvalue weighted by molar-refractivity contribution is -0.200. The van der Waals surface area contributed by atoms with Crippen molar-refractivity contribution in [3.8, 4) is 0 Å². The molecule has 1 aromatic heterocycles. The quantitative estimate of drug-likeness (QED) is 0.711. The lowest BCUT2D eigenvalue weighted by Gasteiger charge is -2.44. The van der Waals surface area contributed by atoms with Gasteiger partial charge in [-0.1, -0.05) is 11.6 Å². The van der Waals surface area contributed by atoms with Crippen molar-refractivity contribution in [3.05, 3.63) is 16.4 Å². The highest BCUT2D eigenvalue weighted by molar-refractivity contribution is 6.34. The fraction of sp³-hybridized carbons (Fsp3) is 0.722. The van der Waals surface area contributed by atoms with Crippen LogP contribution in [-0.4, -0.2) is 69.0 Å². The highest BCUT2D eigenvalue weighted by Crippen LogP contribution is 2.40. The van der Waals surface area contributed by atoms with Gasteiger partial charge >= 0.3 is 12.3 Å². The Labute approximate surface area is 171 Å². The Bertz CT molecular complexity index is 803. The van der Waals surface area contributed by atoms with E-state index < -0.39 is 23.9 Å². The molecule has 2 aliphatic heterocycles. The maximum Gasteiger partial charge on any atom is 0.425 e. The number of aryl methyl sites for hydroxylation is 1. The molecule has 3 rings (SSSR count). The van der Waals surface area contributed by atoms with E-state index in [0.717, 1.165) is 19.8 Å². The third-order valence-corrected chi connectivity index (χ3v) is 6.45. The number of halogens is 4. The van der Waals surface area contributed by atoms with E-state index in [0.29, 0.717) is 30.1 Å². The molecular weight excluding hydrogens is 413 g/mol. The molecule has 162 valence electrons. The molecule has 0 N–H and O–H groups in total. The van der Waals surface area contributed by atoms with E-state index in [9.17, 15) is 22.8 Å². The highest BCUT2D eigenvalue weighted by atomic mass is 35.5. The molecule has 0 saturated carbocycles. The average Bonchev–Trinajstić information content (AvgIpc) is 3.17. The number of ether oxygens (including phenoxy) is 1. The number of aromatic nitrogens is 2. The first-order valence-corrected chi connectivity index (χ1v) is 9.87. The normalized spacial score (nSPS) is 20.2. The number of alkyl halides is 3. The van der Waals surface area contributed by atoms with E-state index in [-0.39, 0.29) is 24.7 Å². The van der Waals surface area contributed by atoms with Crippen LogP contribution in [0.1, 0.15) is 48.8 Å². The molecule has 2 saturated heterocycles. The molecule has 2 fully saturated rings. The van der Waals surface area contributed by atoms with E-state index in [1.165, 1.54) is 4.90 Å². The fourth-order valence-corrected chi connectivity index (χ4v) is 4.26. The molecule has 0 bridgehead atoms. The number of hydrogen-bond donors (Lipinski definition) is 0. The van der Waals surface area contributed by atoms with E-state index >= 15 is 0 Å². The first-order chi connectivity index (χ1) is 13.5. The summed E-state index contributed by atoms with van der Waals surface area (Å²) in [4.78, 5) is 28.2. The van der Waals surface area contributed by atoms with Crippen molar-refractivity contribution in [1.29, 1.82) is 0 Å². The van der Waals surface area contributed by atoms with Gasteiger partial charge in [0.05, 0.1) is 10.7 Å². The molecule has 11 heteroatoms. The Morgan fingerprint density at radius 1 is 1.21 bits per heavy atom. The van der Waals surface area contributed by atoms with Crippen molar-refractivity contribution in [1.82, 2.24) is 19.6 Å². The maximum atomic E-state index is 13.1. The van der Waals surface area contributed by atoms with Gasteiger partial charge in [0, 0.05) is 32.2 Å². The standard InChI is InChI=1S/C18H24ClF3N4O3/c1-11-13(19)14(23-24(11)3)15(27)26-8-4-5-17(26)6-9-25(10-7-17)16(28)29-12(2)18(20,21)22/h12H,4-10H2,1-3H3. The van der Waals surface area contributed by atoms with Gasteiger partial charge in [-0.25, -0.2) is 4.79 Å². The molecular formula is C18H24ClF3N4O3. The van der Waals surface area contributed by atoms with Crippen molar-refractivity contribution in [2.45, 2.75) is 57.3 Å². The SMILES string of the molecule is Cc1c(Cl)c(C(=O)N2CCCC23CCN(C(=O)OC(C)C(F)(F)F)CC3)nn1C. The van der Waals surface area contributed by atoms with Crippen LogP contribution in [0.25, 0.3) is 0 Å². The van der Waals surface area contributed by atoms with Gasteiger partial charge in [0.1, 0.15) is 0 Å². The zero-order chi connectivity index (χ0) is 21.6. The zero-order valence-electron chi connectivity index (χ0n) is 16.6. The van der Waals surface area contributed by atoms with E-state index in [1.54, 1.807) is 23.6 Å². The number of rotatable bonds is 2. The third-order valence-electron chi connectivity index (χ3n) is 6.00. The Balaban J connectivity index is 1.68. The van der Waals surface area contributed by atoms with Crippen LogP contribution in [0, 0.1) is 6.92 Å². The van der Waals surface area contributed by atoms with Gasteiger partial charge in [-0.15, -0.1) is 0 Å². The molecule has 7 nitrogen and oxygen atoms in total. The minimum absolute atomic E-state index is 0.203. The largest absolute Gasteiger partial charge is 0.437 e. The summed E-state index contributed by atoms with van der Waals surface area (Å²) in [5.74, 6) is -0.252. The molecule has 1 atom stereocenters. The fourth-order valence-electron chi connectivity index (χ4n) is 4.02. The summed E-state index contributed by atoms with van der Waals surface area (Å²) in [5, 5.41) is 4.55. The summed E-state index contributed by atoms with van der Waals surface area (Å²) < 4.78 is 44.0. The predicted molar refractivity (Wildman–Crippen MR) is 98.8 cm³/mol. The summed E-state index contributed by atoms with van der Waals surface area (Å²) in [6.07, 6.45) is -5.22. The van der Waals surface area contributed by atoms with Crippen LogP contribution >= 0.6 is 11.6 Å². The van der Waals surface area contributed by atoms with Crippen LogP contribution in [0.5, 0.6) is 0 Å². The molecule has 1 unspecified atom stereocenters. The van der Waals surface area contributed by atoms with Crippen LogP contribution in [-0.2, 0) is 11.8 Å². The van der Waals surface area contributed by atoms with Crippen molar-refractivity contribution in [2.24, 2.45) is 7.05 Å². The van der Waals surface area contributed by atoms with E-state index in [1.807, 2.05) is 0 Å². The Kier molecular flexibility index (Phi) is 5.77. The minimum atomic E-state index is -4.60. The molecule has 0 radical (unpaired) electrons. The summed E-state index contributed by atoms with van der Waals surface area (Å²) in [6, 6.07) is 0. The van der Waals surface area contributed by atoms with Crippen LogP contribution in [0.2, 0.25) is 5.02 Å². The van der Waals surface area contributed by atoms with Crippen molar-refractivity contribution in [2.75, 3.05) is 19.6 Å². The van der Waals surface area contributed by atoms with Crippen LogP contribution in [0.3, 0.4) is 0 Å². The van der Waals surface area contributed by atoms with Gasteiger partial charge in [0.15, 0.2) is 11.8 Å². The van der Waals surface area contributed by atoms with Crippen LogP contribution < -0.4 is 0 Å². The molecule has 29 heavy (non-hydrogen) atoms. The van der Waals surface area contributed by atoms with Gasteiger partial charge in [-0.05, 0) is 39.5 Å². The number of piperidine rings is 1. The first kappa shape index (κ1) is 21.7. The number of nitrogens with zero attached hydrogens (tertiary/aromatic N) is 4. The molecule has 1 aromatic rings. The Morgan fingerprint density at radius 3 is 2.34 bits per heavy atom. The topological polar surface area (TPSA) is 67.7 Å². The first-order valence-electron chi connectivity index (χ1n) is 9.49. The lowest BCUT2D eigenvalue weighted by atomic mass is 9.85.